The van der Waals surface area contributed by atoms with E-state index in [4.69, 9.17) is 0 Å². The molecule has 0 saturated carbocycles. The van der Waals surface area contributed by atoms with E-state index in [1.165, 1.54) is 25.5 Å². The van der Waals surface area contributed by atoms with Crippen LogP contribution < -0.4 is 4.90 Å². The maximum Gasteiger partial charge on any atom is 0.155 e. The molecule has 0 unspecified atom stereocenters. The van der Waals surface area contributed by atoms with Crippen molar-refractivity contribution >= 4 is 27.8 Å². The minimum atomic E-state index is 0.123. The Bertz CT molecular complexity index is 1400. The van der Waals surface area contributed by atoms with E-state index >= 15 is 0 Å². The molecule has 5 aromatic rings. The molecular formula is C23H21N7O. The Morgan fingerprint density at radius 1 is 0.903 bits per heavy atom. The van der Waals surface area contributed by atoms with Gasteiger partial charge in [-0.05, 0) is 43.5 Å². The lowest BCUT2D eigenvalue weighted by molar-refractivity contribution is 0.473. The summed E-state index contributed by atoms with van der Waals surface area (Å²) < 4.78 is 0. The van der Waals surface area contributed by atoms with Crippen LogP contribution in [-0.4, -0.2) is 48.3 Å². The van der Waals surface area contributed by atoms with Crippen molar-refractivity contribution in [3.05, 3.63) is 49.1 Å². The Morgan fingerprint density at radius 2 is 1.77 bits per heavy atom. The lowest BCUT2D eigenvalue weighted by Crippen LogP contribution is -2.30. The van der Waals surface area contributed by atoms with Crippen molar-refractivity contribution in [2.45, 2.75) is 19.3 Å². The number of anilines is 1. The number of aromatic hydroxyl groups is 1. The van der Waals surface area contributed by atoms with Gasteiger partial charge in [0.05, 0.1) is 17.4 Å². The fourth-order valence-electron chi connectivity index (χ4n) is 4.38. The molecule has 1 fully saturated rings. The van der Waals surface area contributed by atoms with Crippen molar-refractivity contribution in [2.75, 3.05) is 18.0 Å². The van der Waals surface area contributed by atoms with Gasteiger partial charge in [-0.25, -0.2) is 9.97 Å². The fraction of sp³-hybridized carbons (Fsp3) is 0.217. The molecule has 0 bridgehead atoms. The van der Waals surface area contributed by atoms with Gasteiger partial charge < -0.3 is 15.0 Å². The molecule has 8 nitrogen and oxygen atoms in total. The summed E-state index contributed by atoms with van der Waals surface area (Å²) in [4.78, 5) is 19.2. The van der Waals surface area contributed by atoms with Crippen molar-refractivity contribution in [3.8, 4) is 28.3 Å². The third-order valence-electron chi connectivity index (χ3n) is 5.91. The molecule has 154 valence electrons. The second-order valence-corrected chi connectivity index (χ2v) is 7.95. The van der Waals surface area contributed by atoms with Crippen LogP contribution in [0.3, 0.4) is 0 Å². The Morgan fingerprint density at radius 3 is 2.65 bits per heavy atom. The van der Waals surface area contributed by atoms with E-state index in [1.807, 2.05) is 18.3 Å². The number of aromatic amines is 2. The molecule has 1 saturated heterocycles. The van der Waals surface area contributed by atoms with Gasteiger partial charge in [0.25, 0.3) is 0 Å². The van der Waals surface area contributed by atoms with Crippen LogP contribution in [0.25, 0.3) is 44.5 Å². The number of aromatic nitrogens is 6. The molecule has 6 heterocycles. The highest BCUT2D eigenvalue weighted by molar-refractivity contribution is 5.99. The molecule has 0 spiro atoms. The molecule has 6 rings (SSSR count). The summed E-state index contributed by atoms with van der Waals surface area (Å²) in [6.07, 6.45) is 10.4. The maximum atomic E-state index is 9.78. The number of piperidine rings is 1. The smallest absolute Gasteiger partial charge is 0.155 e. The lowest BCUT2D eigenvalue weighted by atomic mass is 10.1. The van der Waals surface area contributed by atoms with Gasteiger partial charge in [0, 0.05) is 53.6 Å². The third-order valence-corrected chi connectivity index (χ3v) is 5.91. The average Bonchev–Trinajstić information content (AvgIpc) is 3.43. The van der Waals surface area contributed by atoms with E-state index < -0.39 is 0 Å². The quantitative estimate of drug-likeness (QED) is 0.410. The number of rotatable bonds is 3. The number of pyridine rings is 3. The van der Waals surface area contributed by atoms with Crippen molar-refractivity contribution < 1.29 is 5.11 Å². The highest BCUT2D eigenvalue weighted by atomic mass is 16.3. The second-order valence-electron chi connectivity index (χ2n) is 7.95. The number of hydrogen-bond donors (Lipinski definition) is 3. The number of fused-ring (bicyclic) bond motifs is 2. The van der Waals surface area contributed by atoms with Crippen molar-refractivity contribution in [2.24, 2.45) is 0 Å². The van der Waals surface area contributed by atoms with Crippen molar-refractivity contribution in [3.63, 3.8) is 0 Å². The molecule has 1 aliphatic rings. The van der Waals surface area contributed by atoms with E-state index in [1.54, 1.807) is 18.5 Å². The molecular weight excluding hydrogens is 390 g/mol. The molecule has 8 heteroatoms. The predicted octanol–water partition coefficient (Wildman–Crippen LogP) is 4.26. The second kappa shape index (κ2) is 7.09. The normalized spacial score (nSPS) is 14.5. The summed E-state index contributed by atoms with van der Waals surface area (Å²) in [6.45, 7) is 2.09. The van der Waals surface area contributed by atoms with E-state index in [-0.39, 0.29) is 5.75 Å². The molecule has 0 aliphatic carbocycles. The van der Waals surface area contributed by atoms with Crippen molar-refractivity contribution in [1.29, 1.82) is 0 Å². The summed E-state index contributed by atoms with van der Waals surface area (Å²) >= 11 is 0. The summed E-state index contributed by atoms with van der Waals surface area (Å²) in [5, 5.41) is 19.4. The largest absolute Gasteiger partial charge is 0.506 e. The topological polar surface area (TPSA) is 107 Å². The SMILES string of the molecule is Oc1cncc(-c2cnc3[nH]nc(-c4cc5c(N6CCCCC6)nccc5[nH]4)c3c2)c1. The minimum Gasteiger partial charge on any atom is -0.506 e. The predicted molar refractivity (Wildman–Crippen MR) is 120 cm³/mol. The first-order valence-electron chi connectivity index (χ1n) is 10.5. The van der Waals surface area contributed by atoms with Gasteiger partial charge in [-0.3, -0.25) is 10.1 Å². The van der Waals surface area contributed by atoms with Gasteiger partial charge >= 0.3 is 0 Å². The first-order valence-corrected chi connectivity index (χ1v) is 10.5. The Kier molecular flexibility index (Phi) is 4.09. The monoisotopic (exact) mass is 411 g/mol. The standard InChI is InChI=1S/C23H21N7O/c31-16-8-14(11-24-13-16)15-9-18-21(28-29-22(18)26-12-15)20-10-17-19(27-20)4-5-25-23(17)30-6-2-1-3-7-30/h4-5,8-13,27,31H,1-3,6-7H2,(H,26,28,29). The average molecular weight is 411 g/mol. The highest BCUT2D eigenvalue weighted by Crippen LogP contribution is 2.34. The Hall–Kier alpha value is -3.94. The highest BCUT2D eigenvalue weighted by Gasteiger charge is 2.18. The molecule has 1 aliphatic heterocycles. The maximum absolute atomic E-state index is 9.78. The number of H-pyrrole nitrogens is 2. The van der Waals surface area contributed by atoms with E-state index in [0.717, 1.165) is 57.7 Å². The van der Waals surface area contributed by atoms with Crippen LogP contribution in [0.5, 0.6) is 5.75 Å². The van der Waals surface area contributed by atoms with Gasteiger partial charge in [-0.2, -0.15) is 5.10 Å². The first-order chi connectivity index (χ1) is 15.3. The molecule has 0 amide bonds. The van der Waals surface area contributed by atoms with E-state index in [9.17, 15) is 5.11 Å². The fourth-order valence-corrected chi connectivity index (χ4v) is 4.38. The molecule has 0 radical (unpaired) electrons. The van der Waals surface area contributed by atoms with Crippen LogP contribution >= 0.6 is 0 Å². The molecule has 0 aromatic carbocycles. The zero-order chi connectivity index (χ0) is 20.8. The number of hydrogen-bond acceptors (Lipinski definition) is 6. The lowest BCUT2D eigenvalue weighted by Gasteiger charge is -2.28. The van der Waals surface area contributed by atoms with Crippen LogP contribution in [0, 0.1) is 0 Å². The minimum absolute atomic E-state index is 0.123. The first kappa shape index (κ1) is 17.9. The van der Waals surface area contributed by atoms with E-state index in [2.05, 4.69) is 41.1 Å². The molecule has 5 aromatic heterocycles. The number of nitrogens with zero attached hydrogens (tertiary/aromatic N) is 5. The summed E-state index contributed by atoms with van der Waals surface area (Å²) in [6, 6.07) is 7.83. The van der Waals surface area contributed by atoms with Crippen molar-refractivity contribution in [1.82, 2.24) is 30.1 Å². The molecule has 3 N–H and O–H groups in total. The summed E-state index contributed by atoms with van der Waals surface area (Å²) in [7, 11) is 0. The van der Waals surface area contributed by atoms with Gasteiger partial charge in [0.2, 0.25) is 0 Å². The molecule has 0 atom stereocenters. The van der Waals surface area contributed by atoms with Crippen LogP contribution in [0.15, 0.2) is 49.1 Å². The van der Waals surface area contributed by atoms with Crippen LogP contribution in [0.2, 0.25) is 0 Å². The van der Waals surface area contributed by atoms with Crippen LogP contribution in [-0.2, 0) is 0 Å². The van der Waals surface area contributed by atoms with E-state index in [0.29, 0.717) is 5.65 Å². The van der Waals surface area contributed by atoms with Gasteiger partial charge in [-0.1, -0.05) is 0 Å². The Balaban J connectivity index is 1.46. The zero-order valence-electron chi connectivity index (χ0n) is 16.8. The van der Waals surface area contributed by atoms with Crippen LogP contribution in [0.4, 0.5) is 5.82 Å². The summed E-state index contributed by atoms with van der Waals surface area (Å²) in [5.41, 5.74) is 5.14. The number of nitrogens with one attached hydrogen (secondary N) is 2. The zero-order valence-corrected chi connectivity index (χ0v) is 16.8. The van der Waals surface area contributed by atoms with Gasteiger partial charge in [0.15, 0.2) is 5.65 Å². The van der Waals surface area contributed by atoms with Gasteiger partial charge in [0.1, 0.15) is 17.3 Å². The molecule has 31 heavy (non-hydrogen) atoms. The third kappa shape index (κ3) is 3.07. The van der Waals surface area contributed by atoms with Crippen LogP contribution in [0.1, 0.15) is 19.3 Å². The summed E-state index contributed by atoms with van der Waals surface area (Å²) in [5.74, 6) is 1.16. The Labute approximate surface area is 178 Å². The van der Waals surface area contributed by atoms with Gasteiger partial charge in [-0.15, -0.1) is 0 Å².